The summed E-state index contributed by atoms with van der Waals surface area (Å²) >= 11 is 2.44. The van der Waals surface area contributed by atoms with E-state index in [4.69, 9.17) is 16.3 Å². The van der Waals surface area contributed by atoms with Crippen LogP contribution in [-0.2, 0) is 22.6 Å². The van der Waals surface area contributed by atoms with Crippen LogP contribution in [-0.4, -0.2) is 20.1 Å². The maximum Gasteiger partial charge on any atom is 0.426 e. The van der Waals surface area contributed by atoms with Crippen LogP contribution in [0.1, 0.15) is 15.9 Å². The van der Waals surface area contributed by atoms with Crippen molar-refractivity contribution >= 4 is 39.9 Å². The van der Waals surface area contributed by atoms with E-state index in [9.17, 15) is 18.4 Å². The molecule has 0 bridgehead atoms. The van der Waals surface area contributed by atoms with E-state index in [0.29, 0.717) is 4.31 Å². The molecule has 0 aromatic heterocycles. The molecule has 6 nitrogen and oxygen atoms in total. The van der Waals surface area contributed by atoms with Gasteiger partial charge < -0.3 is 9.29 Å². The van der Waals surface area contributed by atoms with E-state index < -0.39 is 22.6 Å². The third-order valence-electron chi connectivity index (χ3n) is 2.85. The lowest BCUT2D eigenvalue weighted by Crippen LogP contribution is -2.33. The third-order valence-corrected chi connectivity index (χ3v) is 3.73. The molecule has 120 valence electrons. The van der Waals surface area contributed by atoms with Crippen molar-refractivity contribution in [3.63, 3.8) is 0 Å². The Bertz CT molecular complexity index is 720. The molecule has 2 aromatic carbocycles. The largest absolute Gasteiger partial charge is 0.755 e. The molecule has 1 amide bonds. The number of anilines is 1. The summed E-state index contributed by atoms with van der Waals surface area (Å²) in [6.45, 7) is -0.0639. The topological polar surface area (TPSA) is 86.7 Å². The van der Waals surface area contributed by atoms with E-state index in [1.807, 2.05) is 6.07 Å². The Morgan fingerprint density at radius 3 is 2.22 bits per heavy atom. The van der Waals surface area contributed by atoms with Crippen LogP contribution in [0.25, 0.3) is 0 Å². The first-order valence-electron chi connectivity index (χ1n) is 6.39. The second kappa shape index (κ2) is 7.87. The summed E-state index contributed by atoms with van der Waals surface area (Å²) in [5.74, 6) is 0. The average Bonchev–Trinajstić information content (AvgIpc) is 2.54. The molecular formula is C15H11ClNO5S-. The van der Waals surface area contributed by atoms with Gasteiger partial charge in [0, 0.05) is 5.56 Å². The molecule has 8 heteroatoms. The predicted octanol–water partition coefficient (Wildman–Crippen LogP) is 3.00. The molecule has 2 rings (SSSR count). The lowest BCUT2D eigenvalue weighted by atomic mass is 10.2. The summed E-state index contributed by atoms with van der Waals surface area (Å²) in [7, 11) is 0. The van der Waals surface area contributed by atoms with Gasteiger partial charge in [-0.25, -0.2) is 9.10 Å². The molecule has 0 aliphatic heterocycles. The second-order valence-corrected chi connectivity index (χ2v) is 5.51. The molecule has 0 heterocycles. The highest BCUT2D eigenvalue weighted by atomic mass is 35.5. The van der Waals surface area contributed by atoms with Crippen molar-refractivity contribution in [3.8, 4) is 0 Å². The molecule has 0 radical (unpaired) electrons. The number of amides is 1. The Labute approximate surface area is 140 Å². The zero-order valence-electron chi connectivity index (χ0n) is 11.7. The van der Waals surface area contributed by atoms with Gasteiger partial charge in [0.2, 0.25) is 0 Å². The molecule has 0 N–H and O–H groups in total. The van der Waals surface area contributed by atoms with E-state index in [1.54, 1.807) is 24.3 Å². The fraction of sp³-hybridized carbons (Fsp3) is 0.0667. The van der Waals surface area contributed by atoms with Gasteiger partial charge in [-0.3, -0.25) is 9.00 Å². The first-order valence-corrected chi connectivity index (χ1v) is 7.80. The standard InChI is InChI=1S/C15H12ClNO5S/c16-14(18)12-6-8-13(9-7-12)17(23(20)21)15(19)22-10-11-4-2-1-3-5-11/h1-9H,10H2,(H,20,21)/p-1. The number of benzene rings is 2. The molecule has 0 saturated heterocycles. The number of rotatable bonds is 5. The van der Waals surface area contributed by atoms with Gasteiger partial charge in [0.25, 0.3) is 5.24 Å². The van der Waals surface area contributed by atoms with E-state index in [0.717, 1.165) is 5.56 Å². The lowest BCUT2D eigenvalue weighted by Gasteiger charge is -2.23. The summed E-state index contributed by atoms with van der Waals surface area (Å²) in [5.41, 5.74) is 0.948. The number of hydrogen-bond acceptors (Lipinski definition) is 5. The fourth-order valence-electron chi connectivity index (χ4n) is 1.76. The number of hydrogen-bond donors (Lipinski definition) is 0. The van der Waals surface area contributed by atoms with Crippen LogP contribution in [0.15, 0.2) is 54.6 Å². The van der Waals surface area contributed by atoms with Crippen LogP contribution >= 0.6 is 11.6 Å². The Kier molecular flexibility index (Phi) is 5.86. The SMILES string of the molecule is O=C(Cl)c1ccc(N(C(=O)OCc2ccccc2)S(=O)[O-])cc1. The quantitative estimate of drug-likeness (QED) is 0.609. The lowest BCUT2D eigenvalue weighted by molar-refractivity contribution is 0.108. The van der Waals surface area contributed by atoms with Gasteiger partial charge in [0.15, 0.2) is 0 Å². The van der Waals surface area contributed by atoms with Gasteiger partial charge in [-0.15, -0.1) is 0 Å². The van der Waals surface area contributed by atoms with Gasteiger partial charge in [-0.1, -0.05) is 30.3 Å². The summed E-state index contributed by atoms with van der Waals surface area (Å²) in [4.78, 5) is 23.0. The number of carbonyl (C=O) groups excluding carboxylic acids is 2. The minimum Gasteiger partial charge on any atom is -0.755 e. The minimum atomic E-state index is -2.87. The van der Waals surface area contributed by atoms with Crippen molar-refractivity contribution in [2.45, 2.75) is 6.61 Å². The summed E-state index contributed by atoms with van der Waals surface area (Å²) in [6.07, 6.45) is -1.05. The summed E-state index contributed by atoms with van der Waals surface area (Å²) in [5, 5.41) is -0.682. The van der Waals surface area contributed by atoms with Crippen molar-refractivity contribution in [1.29, 1.82) is 0 Å². The number of nitrogens with zero attached hydrogens (tertiary/aromatic N) is 1. The Balaban J connectivity index is 2.12. The Hall–Kier alpha value is -2.22. The number of ether oxygens (including phenoxy) is 1. The van der Waals surface area contributed by atoms with Crippen molar-refractivity contribution < 1.29 is 23.1 Å². The van der Waals surface area contributed by atoms with Crippen LogP contribution in [0.2, 0.25) is 0 Å². The molecule has 0 fully saturated rings. The monoisotopic (exact) mass is 352 g/mol. The van der Waals surface area contributed by atoms with Gasteiger partial charge in [-0.2, -0.15) is 0 Å². The molecule has 0 spiro atoms. The molecule has 0 saturated carbocycles. The van der Waals surface area contributed by atoms with E-state index in [1.165, 1.54) is 24.3 Å². The Morgan fingerprint density at radius 1 is 1.09 bits per heavy atom. The molecule has 2 aromatic rings. The van der Waals surface area contributed by atoms with Crippen molar-refractivity contribution in [2.24, 2.45) is 0 Å². The van der Waals surface area contributed by atoms with Crippen molar-refractivity contribution in [3.05, 3.63) is 65.7 Å². The van der Waals surface area contributed by atoms with Crippen LogP contribution in [0.4, 0.5) is 10.5 Å². The third kappa shape index (κ3) is 4.62. The van der Waals surface area contributed by atoms with Gasteiger partial charge in [0.05, 0.1) is 17.0 Å². The molecular weight excluding hydrogens is 342 g/mol. The van der Waals surface area contributed by atoms with Crippen LogP contribution in [0.5, 0.6) is 0 Å². The fourth-order valence-corrected chi connectivity index (χ4v) is 2.35. The highest BCUT2D eigenvalue weighted by molar-refractivity contribution is 7.81. The average molecular weight is 353 g/mol. The summed E-state index contributed by atoms with van der Waals surface area (Å²) in [6, 6.07) is 14.0. The van der Waals surface area contributed by atoms with E-state index >= 15 is 0 Å². The zero-order chi connectivity index (χ0) is 16.8. The number of halogens is 1. The van der Waals surface area contributed by atoms with Crippen LogP contribution < -0.4 is 4.31 Å². The molecule has 0 aliphatic rings. The van der Waals surface area contributed by atoms with Crippen molar-refractivity contribution in [1.82, 2.24) is 0 Å². The van der Waals surface area contributed by atoms with E-state index in [-0.39, 0.29) is 17.9 Å². The normalized spacial score (nSPS) is 11.6. The molecule has 1 unspecified atom stereocenters. The molecule has 23 heavy (non-hydrogen) atoms. The second-order valence-electron chi connectivity index (χ2n) is 4.37. The van der Waals surface area contributed by atoms with E-state index in [2.05, 4.69) is 0 Å². The molecule has 0 aliphatic carbocycles. The number of carbonyl (C=O) groups is 2. The Morgan fingerprint density at radius 2 is 1.70 bits per heavy atom. The van der Waals surface area contributed by atoms with Gasteiger partial charge in [0.1, 0.15) is 6.61 Å². The first kappa shape index (κ1) is 17.1. The highest BCUT2D eigenvalue weighted by Gasteiger charge is 2.19. The van der Waals surface area contributed by atoms with Gasteiger partial charge >= 0.3 is 6.09 Å². The smallest absolute Gasteiger partial charge is 0.426 e. The maximum absolute atomic E-state index is 12.0. The summed E-state index contributed by atoms with van der Waals surface area (Å²) < 4.78 is 28.0. The van der Waals surface area contributed by atoms with Crippen LogP contribution in [0, 0.1) is 0 Å². The maximum atomic E-state index is 12.0. The van der Waals surface area contributed by atoms with Crippen molar-refractivity contribution in [2.75, 3.05) is 4.31 Å². The minimum absolute atomic E-state index is 0.0399. The highest BCUT2D eigenvalue weighted by Crippen LogP contribution is 2.19. The predicted molar refractivity (Wildman–Crippen MR) is 84.7 cm³/mol. The van der Waals surface area contributed by atoms with Gasteiger partial charge in [-0.05, 0) is 41.4 Å². The first-order chi connectivity index (χ1) is 11.0. The van der Waals surface area contributed by atoms with Crippen LogP contribution in [0.3, 0.4) is 0 Å². The molecule has 1 atom stereocenters. The zero-order valence-corrected chi connectivity index (χ0v) is 13.3.